The van der Waals surface area contributed by atoms with Crippen molar-refractivity contribution >= 4 is 0 Å². The lowest BCUT2D eigenvalue weighted by molar-refractivity contribution is 0.144. The van der Waals surface area contributed by atoms with Crippen molar-refractivity contribution in [1.82, 2.24) is 4.90 Å². The van der Waals surface area contributed by atoms with E-state index in [1.165, 1.54) is 0 Å². The summed E-state index contributed by atoms with van der Waals surface area (Å²) in [4.78, 5) is 2.17. The minimum absolute atomic E-state index is 0.169. The summed E-state index contributed by atoms with van der Waals surface area (Å²) in [6.45, 7) is 3.87. The van der Waals surface area contributed by atoms with Crippen molar-refractivity contribution < 1.29 is 4.74 Å². The van der Waals surface area contributed by atoms with Crippen molar-refractivity contribution in [2.24, 2.45) is 11.7 Å². The van der Waals surface area contributed by atoms with Crippen LogP contribution in [0.15, 0.2) is 0 Å². The summed E-state index contributed by atoms with van der Waals surface area (Å²) in [5.41, 5.74) is 5.94. The Morgan fingerprint density at radius 3 is 2.33 bits per heavy atom. The summed E-state index contributed by atoms with van der Waals surface area (Å²) < 4.78 is 5.02. The first-order chi connectivity index (χ1) is 5.61. The molecule has 74 valence electrons. The Morgan fingerprint density at radius 2 is 2.00 bits per heavy atom. The van der Waals surface area contributed by atoms with Crippen molar-refractivity contribution in [3.05, 3.63) is 0 Å². The van der Waals surface area contributed by atoms with Crippen LogP contribution in [-0.4, -0.2) is 45.3 Å². The smallest absolute Gasteiger partial charge is 0.0616 e. The summed E-state index contributed by atoms with van der Waals surface area (Å²) in [6, 6.07) is 0.169. The monoisotopic (exact) mass is 174 g/mol. The summed E-state index contributed by atoms with van der Waals surface area (Å²) in [6.07, 6.45) is 1.11. The number of nitrogens with two attached hydrogens (primary N) is 1. The third-order valence-electron chi connectivity index (χ3n) is 2.09. The van der Waals surface area contributed by atoms with E-state index in [4.69, 9.17) is 10.5 Å². The second-order valence-electron chi connectivity index (χ2n) is 3.55. The molecule has 0 aliphatic rings. The van der Waals surface area contributed by atoms with Crippen LogP contribution >= 0.6 is 0 Å². The molecule has 0 rings (SSSR count). The zero-order valence-electron chi connectivity index (χ0n) is 8.71. The number of hydrogen-bond donors (Lipinski definition) is 1. The molecule has 0 aliphatic carbocycles. The van der Waals surface area contributed by atoms with E-state index < -0.39 is 0 Å². The quantitative estimate of drug-likeness (QED) is 0.639. The van der Waals surface area contributed by atoms with Crippen molar-refractivity contribution in [3.63, 3.8) is 0 Å². The maximum Gasteiger partial charge on any atom is 0.0616 e. The van der Waals surface area contributed by atoms with Gasteiger partial charge in [0.05, 0.1) is 6.61 Å². The maximum absolute atomic E-state index is 5.94. The molecule has 3 nitrogen and oxygen atoms in total. The molecule has 0 aliphatic heterocycles. The number of methoxy groups -OCH3 is 1. The van der Waals surface area contributed by atoms with E-state index in [2.05, 4.69) is 25.9 Å². The molecule has 0 aromatic carbocycles. The van der Waals surface area contributed by atoms with Gasteiger partial charge >= 0.3 is 0 Å². The number of hydrogen-bond acceptors (Lipinski definition) is 3. The lowest BCUT2D eigenvalue weighted by Crippen LogP contribution is -2.39. The highest BCUT2D eigenvalue weighted by Gasteiger charge is 2.15. The molecule has 0 radical (unpaired) electrons. The molecule has 0 saturated heterocycles. The topological polar surface area (TPSA) is 38.5 Å². The van der Waals surface area contributed by atoms with Gasteiger partial charge in [-0.1, -0.05) is 13.3 Å². The molecule has 12 heavy (non-hydrogen) atoms. The Bertz CT molecular complexity index is 107. The van der Waals surface area contributed by atoms with Gasteiger partial charge in [-0.3, -0.25) is 0 Å². The normalized spacial score (nSPS) is 16.5. The summed E-state index contributed by atoms with van der Waals surface area (Å²) in [5, 5.41) is 0. The second kappa shape index (κ2) is 6.40. The Labute approximate surface area is 75.9 Å². The number of rotatable bonds is 6. The maximum atomic E-state index is 5.94. The molecule has 0 spiro atoms. The van der Waals surface area contributed by atoms with Crippen LogP contribution in [0.5, 0.6) is 0 Å². The van der Waals surface area contributed by atoms with Gasteiger partial charge in [0, 0.05) is 19.7 Å². The minimum atomic E-state index is 0.169. The molecular formula is C9H22N2O. The molecule has 0 saturated carbocycles. The van der Waals surface area contributed by atoms with Crippen LogP contribution in [0.2, 0.25) is 0 Å². The van der Waals surface area contributed by atoms with Crippen LogP contribution < -0.4 is 5.73 Å². The standard InChI is InChI=1S/C9H22N2O/c1-5-8(6-11(2)3)9(10)7-12-4/h8-9H,5-7,10H2,1-4H3. The fourth-order valence-electron chi connectivity index (χ4n) is 1.36. The van der Waals surface area contributed by atoms with Gasteiger partial charge in [0.2, 0.25) is 0 Å². The molecular weight excluding hydrogens is 152 g/mol. The molecule has 0 amide bonds. The van der Waals surface area contributed by atoms with E-state index in [9.17, 15) is 0 Å². The zero-order chi connectivity index (χ0) is 9.56. The third-order valence-corrected chi connectivity index (χ3v) is 2.09. The Kier molecular flexibility index (Phi) is 6.34. The van der Waals surface area contributed by atoms with Gasteiger partial charge in [0.25, 0.3) is 0 Å². The Morgan fingerprint density at radius 1 is 1.42 bits per heavy atom. The van der Waals surface area contributed by atoms with Gasteiger partial charge in [-0.2, -0.15) is 0 Å². The van der Waals surface area contributed by atoms with E-state index in [0.717, 1.165) is 13.0 Å². The van der Waals surface area contributed by atoms with Crippen LogP contribution in [0.1, 0.15) is 13.3 Å². The average Bonchev–Trinajstić information content (AvgIpc) is 2.00. The van der Waals surface area contributed by atoms with E-state index in [1.54, 1.807) is 7.11 Å². The van der Waals surface area contributed by atoms with E-state index >= 15 is 0 Å². The van der Waals surface area contributed by atoms with Crippen LogP contribution in [0.3, 0.4) is 0 Å². The molecule has 0 aromatic heterocycles. The van der Waals surface area contributed by atoms with Gasteiger partial charge in [-0.15, -0.1) is 0 Å². The summed E-state index contributed by atoms with van der Waals surface area (Å²) >= 11 is 0. The second-order valence-corrected chi connectivity index (χ2v) is 3.55. The summed E-state index contributed by atoms with van der Waals surface area (Å²) in [7, 11) is 5.84. The number of ether oxygens (including phenoxy) is 1. The SMILES string of the molecule is CCC(CN(C)C)C(N)COC. The largest absolute Gasteiger partial charge is 0.383 e. The summed E-state index contributed by atoms with van der Waals surface area (Å²) in [5.74, 6) is 0.542. The van der Waals surface area contributed by atoms with Crippen LogP contribution in [0.25, 0.3) is 0 Å². The molecule has 0 aromatic rings. The Hall–Kier alpha value is -0.120. The fourth-order valence-corrected chi connectivity index (χ4v) is 1.36. The molecule has 2 unspecified atom stereocenters. The predicted molar refractivity (Wildman–Crippen MR) is 52.2 cm³/mol. The average molecular weight is 174 g/mol. The van der Waals surface area contributed by atoms with E-state index in [1.807, 2.05) is 0 Å². The predicted octanol–water partition coefficient (Wildman–Crippen LogP) is 0.548. The molecule has 3 heteroatoms. The first kappa shape index (κ1) is 11.9. The minimum Gasteiger partial charge on any atom is -0.383 e. The Balaban J connectivity index is 3.78. The van der Waals surface area contributed by atoms with Crippen LogP contribution in [0.4, 0.5) is 0 Å². The van der Waals surface area contributed by atoms with Gasteiger partial charge in [0.15, 0.2) is 0 Å². The molecule has 0 bridgehead atoms. The van der Waals surface area contributed by atoms with Crippen molar-refractivity contribution in [1.29, 1.82) is 0 Å². The van der Waals surface area contributed by atoms with Gasteiger partial charge in [-0.05, 0) is 20.0 Å². The van der Waals surface area contributed by atoms with Crippen LogP contribution in [-0.2, 0) is 4.74 Å². The van der Waals surface area contributed by atoms with E-state index in [-0.39, 0.29) is 6.04 Å². The van der Waals surface area contributed by atoms with Gasteiger partial charge in [-0.25, -0.2) is 0 Å². The van der Waals surface area contributed by atoms with Crippen molar-refractivity contribution in [2.45, 2.75) is 19.4 Å². The lowest BCUT2D eigenvalue weighted by Gasteiger charge is -2.24. The number of nitrogens with zero attached hydrogens (tertiary/aromatic N) is 1. The van der Waals surface area contributed by atoms with Crippen molar-refractivity contribution in [3.8, 4) is 0 Å². The lowest BCUT2D eigenvalue weighted by atomic mass is 9.98. The van der Waals surface area contributed by atoms with Gasteiger partial charge in [0.1, 0.15) is 0 Å². The van der Waals surface area contributed by atoms with Gasteiger partial charge < -0.3 is 15.4 Å². The molecule has 2 N–H and O–H groups in total. The zero-order valence-corrected chi connectivity index (χ0v) is 8.71. The molecule has 0 fully saturated rings. The first-order valence-corrected chi connectivity index (χ1v) is 4.51. The fraction of sp³-hybridized carbons (Fsp3) is 1.00. The van der Waals surface area contributed by atoms with E-state index in [0.29, 0.717) is 12.5 Å². The third kappa shape index (κ3) is 4.70. The molecule has 0 heterocycles. The highest BCUT2D eigenvalue weighted by atomic mass is 16.5. The highest BCUT2D eigenvalue weighted by Crippen LogP contribution is 2.08. The first-order valence-electron chi connectivity index (χ1n) is 4.51. The molecule has 2 atom stereocenters. The highest BCUT2D eigenvalue weighted by molar-refractivity contribution is 4.73. The van der Waals surface area contributed by atoms with Crippen molar-refractivity contribution in [2.75, 3.05) is 34.4 Å². The van der Waals surface area contributed by atoms with Crippen LogP contribution in [0, 0.1) is 5.92 Å².